The lowest BCUT2D eigenvalue weighted by molar-refractivity contribution is -0.137. The molecule has 2 aromatic rings. The highest BCUT2D eigenvalue weighted by molar-refractivity contribution is 5.95. The lowest BCUT2D eigenvalue weighted by atomic mass is 10.0. The maximum atomic E-state index is 13.3. The fraction of sp³-hybridized carbons (Fsp3) is 0.522. The third-order valence-electron chi connectivity index (χ3n) is 5.97. The molecule has 162 valence electrons. The second kappa shape index (κ2) is 9.43. The second-order valence-corrected chi connectivity index (χ2v) is 8.09. The first-order valence-electron chi connectivity index (χ1n) is 10.5. The molecule has 1 fully saturated rings. The van der Waals surface area contributed by atoms with E-state index in [0.717, 1.165) is 17.0 Å². The summed E-state index contributed by atoms with van der Waals surface area (Å²) in [7, 11) is 1.60. The van der Waals surface area contributed by atoms with Crippen LogP contribution >= 0.6 is 0 Å². The van der Waals surface area contributed by atoms with E-state index in [2.05, 4.69) is 5.10 Å². The summed E-state index contributed by atoms with van der Waals surface area (Å²) in [6.07, 6.45) is 0.371. The van der Waals surface area contributed by atoms with Gasteiger partial charge in [0, 0.05) is 43.5 Å². The zero-order valence-electron chi connectivity index (χ0n) is 18.6. The van der Waals surface area contributed by atoms with Crippen molar-refractivity contribution < 1.29 is 14.3 Å². The molecule has 0 N–H and O–H groups in total. The minimum Gasteiger partial charge on any atom is -0.384 e. The van der Waals surface area contributed by atoms with Gasteiger partial charge in [-0.25, -0.2) is 0 Å². The van der Waals surface area contributed by atoms with Crippen molar-refractivity contribution >= 4 is 11.8 Å². The van der Waals surface area contributed by atoms with Gasteiger partial charge in [-0.3, -0.25) is 14.3 Å². The number of aromatic nitrogens is 2. The molecule has 2 amide bonds. The number of amides is 2. The predicted octanol–water partition coefficient (Wildman–Crippen LogP) is 2.65. The maximum absolute atomic E-state index is 13.3. The summed E-state index contributed by atoms with van der Waals surface area (Å²) in [6.45, 7) is 10.2. The first kappa shape index (κ1) is 22.0. The minimum absolute atomic E-state index is 0.00792. The number of ether oxygens (including phenoxy) is 1. The van der Waals surface area contributed by atoms with Crippen LogP contribution in [0.4, 0.5) is 0 Å². The van der Waals surface area contributed by atoms with Gasteiger partial charge >= 0.3 is 0 Å². The summed E-state index contributed by atoms with van der Waals surface area (Å²) >= 11 is 0. The van der Waals surface area contributed by atoms with E-state index in [-0.39, 0.29) is 23.9 Å². The number of carbonyl (C=O) groups is 2. The van der Waals surface area contributed by atoms with Crippen LogP contribution in [0, 0.1) is 13.8 Å². The van der Waals surface area contributed by atoms with Crippen molar-refractivity contribution in [3.8, 4) is 0 Å². The molecule has 0 radical (unpaired) electrons. The van der Waals surface area contributed by atoms with Gasteiger partial charge in [-0.15, -0.1) is 0 Å². The molecule has 0 aliphatic carbocycles. The first-order chi connectivity index (χ1) is 14.3. The first-order valence-corrected chi connectivity index (χ1v) is 10.5. The summed E-state index contributed by atoms with van der Waals surface area (Å²) in [4.78, 5) is 29.5. The molecule has 1 aliphatic heterocycles. The van der Waals surface area contributed by atoms with Gasteiger partial charge < -0.3 is 14.5 Å². The number of piperazine rings is 1. The van der Waals surface area contributed by atoms with E-state index in [1.165, 1.54) is 0 Å². The van der Waals surface area contributed by atoms with E-state index in [4.69, 9.17) is 4.74 Å². The third-order valence-corrected chi connectivity index (χ3v) is 5.97. The van der Waals surface area contributed by atoms with Gasteiger partial charge in [-0.05, 0) is 51.5 Å². The van der Waals surface area contributed by atoms with Crippen molar-refractivity contribution in [3.63, 3.8) is 0 Å². The van der Waals surface area contributed by atoms with Crippen LogP contribution in [-0.2, 0) is 16.1 Å². The number of rotatable bonds is 6. The maximum Gasteiger partial charge on any atom is 0.254 e. The van der Waals surface area contributed by atoms with Crippen LogP contribution in [-0.4, -0.2) is 70.3 Å². The molecule has 7 heteroatoms. The van der Waals surface area contributed by atoms with Gasteiger partial charge in [0.25, 0.3) is 5.91 Å². The van der Waals surface area contributed by atoms with Crippen LogP contribution in [0.5, 0.6) is 0 Å². The van der Waals surface area contributed by atoms with Crippen molar-refractivity contribution in [1.29, 1.82) is 0 Å². The van der Waals surface area contributed by atoms with Crippen molar-refractivity contribution in [2.75, 3.05) is 26.8 Å². The molecule has 2 heterocycles. The van der Waals surface area contributed by atoms with Crippen LogP contribution in [0.15, 0.2) is 30.3 Å². The van der Waals surface area contributed by atoms with Crippen molar-refractivity contribution in [3.05, 3.63) is 52.8 Å². The van der Waals surface area contributed by atoms with Gasteiger partial charge in [0.05, 0.1) is 25.3 Å². The average Bonchev–Trinajstić information content (AvgIpc) is 3.04. The van der Waals surface area contributed by atoms with Crippen LogP contribution in [0.1, 0.15) is 47.6 Å². The molecule has 0 spiro atoms. The largest absolute Gasteiger partial charge is 0.384 e. The highest BCUT2D eigenvalue weighted by atomic mass is 16.5. The Labute approximate surface area is 178 Å². The van der Waals surface area contributed by atoms with Gasteiger partial charge in [-0.1, -0.05) is 12.1 Å². The second-order valence-electron chi connectivity index (χ2n) is 8.09. The van der Waals surface area contributed by atoms with Gasteiger partial charge in [-0.2, -0.15) is 5.10 Å². The number of hydrogen-bond acceptors (Lipinski definition) is 4. The highest BCUT2D eigenvalue weighted by Gasteiger charge is 2.35. The smallest absolute Gasteiger partial charge is 0.254 e. The highest BCUT2D eigenvalue weighted by Crippen LogP contribution is 2.21. The molecule has 0 bridgehead atoms. The van der Waals surface area contributed by atoms with E-state index < -0.39 is 0 Å². The number of carbonyl (C=O) groups excluding carboxylic acids is 2. The normalized spacial score (nSPS) is 19.2. The minimum atomic E-state index is -0.0580. The average molecular weight is 413 g/mol. The Morgan fingerprint density at radius 1 is 1.10 bits per heavy atom. The van der Waals surface area contributed by atoms with Gasteiger partial charge in [0.15, 0.2) is 0 Å². The molecule has 0 unspecified atom stereocenters. The standard InChI is InChI=1S/C23H32N4O3/c1-16-13-17(2)27(24-16)15-20-7-6-8-21(14-20)23(29)26-11-10-25(18(3)19(26)4)22(28)9-12-30-5/h6-8,13-14,18-19H,9-12,15H2,1-5H3/t18-,19-/m1/s1. The molecule has 7 nitrogen and oxygen atoms in total. The Kier molecular flexibility index (Phi) is 6.92. The molecule has 2 atom stereocenters. The van der Waals surface area contributed by atoms with Gasteiger partial charge in [0.2, 0.25) is 5.91 Å². The molecule has 30 heavy (non-hydrogen) atoms. The van der Waals surface area contributed by atoms with Crippen molar-refractivity contribution in [1.82, 2.24) is 19.6 Å². The molecule has 3 rings (SSSR count). The molecule has 1 aromatic heterocycles. The SMILES string of the molecule is COCCC(=O)N1CCN(C(=O)c2cccc(Cn3nc(C)cc3C)c2)[C@H](C)[C@H]1C. The van der Waals surface area contributed by atoms with Crippen LogP contribution < -0.4 is 0 Å². The lowest BCUT2D eigenvalue weighted by Crippen LogP contribution is -2.60. The summed E-state index contributed by atoms with van der Waals surface area (Å²) in [5.74, 6) is 0.0868. The number of nitrogens with zero attached hydrogens (tertiary/aromatic N) is 4. The van der Waals surface area contributed by atoms with E-state index in [0.29, 0.717) is 38.2 Å². The molecule has 1 aromatic carbocycles. The third kappa shape index (κ3) is 4.73. The lowest BCUT2D eigenvalue weighted by Gasteiger charge is -2.45. The monoisotopic (exact) mass is 412 g/mol. The number of methoxy groups -OCH3 is 1. The zero-order chi connectivity index (χ0) is 21.8. The predicted molar refractivity (Wildman–Crippen MR) is 115 cm³/mol. The van der Waals surface area contributed by atoms with Crippen molar-refractivity contribution in [2.45, 2.75) is 52.7 Å². The molecule has 1 saturated heterocycles. The number of aryl methyl sites for hydroxylation is 2. The topological polar surface area (TPSA) is 67.7 Å². The Hall–Kier alpha value is -2.67. The fourth-order valence-electron chi connectivity index (χ4n) is 4.09. The summed E-state index contributed by atoms with van der Waals surface area (Å²) in [6, 6.07) is 9.71. The van der Waals surface area contributed by atoms with Crippen LogP contribution in [0.25, 0.3) is 0 Å². The number of benzene rings is 1. The summed E-state index contributed by atoms with van der Waals surface area (Å²) < 4.78 is 6.98. The Balaban J connectivity index is 1.71. The van der Waals surface area contributed by atoms with Crippen LogP contribution in [0.2, 0.25) is 0 Å². The van der Waals surface area contributed by atoms with E-state index in [1.54, 1.807) is 7.11 Å². The van der Waals surface area contributed by atoms with E-state index in [9.17, 15) is 9.59 Å². The molecular weight excluding hydrogens is 380 g/mol. The molecular formula is C23H32N4O3. The Morgan fingerprint density at radius 2 is 1.80 bits per heavy atom. The number of hydrogen-bond donors (Lipinski definition) is 0. The summed E-state index contributed by atoms with van der Waals surface area (Å²) in [5.41, 5.74) is 3.80. The molecule has 1 aliphatic rings. The van der Waals surface area contributed by atoms with Crippen LogP contribution in [0.3, 0.4) is 0 Å². The van der Waals surface area contributed by atoms with E-state index >= 15 is 0 Å². The fourth-order valence-corrected chi connectivity index (χ4v) is 4.09. The van der Waals surface area contributed by atoms with Gasteiger partial charge in [0.1, 0.15) is 0 Å². The Morgan fingerprint density at radius 3 is 2.47 bits per heavy atom. The van der Waals surface area contributed by atoms with E-state index in [1.807, 2.05) is 72.5 Å². The van der Waals surface area contributed by atoms with Crippen molar-refractivity contribution in [2.24, 2.45) is 0 Å². The quantitative estimate of drug-likeness (QED) is 0.732. The Bertz CT molecular complexity index is 908. The zero-order valence-corrected chi connectivity index (χ0v) is 18.6. The molecule has 0 saturated carbocycles. The summed E-state index contributed by atoms with van der Waals surface area (Å²) in [5, 5.41) is 4.51.